The van der Waals surface area contributed by atoms with Crippen LogP contribution in [-0.4, -0.2) is 41.1 Å². The van der Waals surface area contributed by atoms with Crippen molar-refractivity contribution in [2.45, 2.75) is 38.6 Å². The van der Waals surface area contributed by atoms with Crippen molar-refractivity contribution >= 4 is 0 Å². The average Bonchev–Trinajstić information content (AvgIpc) is 3.02. The van der Waals surface area contributed by atoms with Gasteiger partial charge in [0.25, 0.3) is 0 Å². The number of ether oxygens (including phenoxy) is 3. The molecule has 10 nitrogen and oxygen atoms in total. The van der Waals surface area contributed by atoms with E-state index in [9.17, 15) is 14.4 Å². The Morgan fingerprint density at radius 2 is 1.07 bits per heavy atom. The summed E-state index contributed by atoms with van der Waals surface area (Å²) in [5, 5.41) is 0. The molecule has 0 spiro atoms. The predicted molar refractivity (Wildman–Crippen MR) is 157 cm³/mol. The summed E-state index contributed by atoms with van der Waals surface area (Å²) in [6, 6.07) is 24.9. The number of benzene rings is 3. The maximum Gasteiger partial charge on any atom is 0.336 e. The molecule has 0 atom stereocenters. The Hall–Kier alpha value is -4.41. The molecule has 0 saturated carbocycles. The predicted octanol–water partition coefficient (Wildman–Crippen LogP) is 2.57. The second-order valence-electron chi connectivity index (χ2n) is 9.44. The molecule has 1 heterocycles. The van der Waals surface area contributed by atoms with E-state index >= 15 is 0 Å². The van der Waals surface area contributed by atoms with Gasteiger partial charge in [0.1, 0.15) is 17.1 Å². The molecule has 0 bridgehead atoms. The van der Waals surface area contributed by atoms with Gasteiger partial charge in [-0.25, -0.2) is 28.1 Å². The zero-order valence-corrected chi connectivity index (χ0v) is 23.6. The lowest BCUT2D eigenvalue weighted by atomic mass is 9.80. The molecule has 0 aliphatic carbocycles. The fraction of sp³-hybridized carbons (Fsp3) is 0.323. The number of methoxy groups -OCH3 is 2. The van der Waals surface area contributed by atoms with Gasteiger partial charge >= 0.3 is 17.1 Å². The molecular formula is C31H36N4O6. The summed E-state index contributed by atoms with van der Waals surface area (Å²) >= 11 is 0. The topological polar surface area (TPSA) is 120 Å². The van der Waals surface area contributed by atoms with Gasteiger partial charge in [-0.15, -0.1) is 0 Å². The monoisotopic (exact) mass is 560 g/mol. The number of hydrogen-bond donors (Lipinski definition) is 1. The van der Waals surface area contributed by atoms with Crippen LogP contribution in [0.15, 0.2) is 93.2 Å². The van der Waals surface area contributed by atoms with Gasteiger partial charge in [0.05, 0.1) is 27.4 Å². The van der Waals surface area contributed by atoms with E-state index in [1.807, 2.05) is 85.8 Å². The van der Waals surface area contributed by atoms with E-state index in [1.54, 1.807) is 14.2 Å². The van der Waals surface area contributed by atoms with Crippen LogP contribution in [0.3, 0.4) is 0 Å². The maximum absolute atomic E-state index is 13.3. The van der Waals surface area contributed by atoms with E-state index in [4.69, 9.17) is 19.9 Å². The molecule has 4 aromatic rings. The molecule has 0 unspecified atom stereocenters. The molecule has 0 amide bonds. The largest absolute Gasteiger partial charge is 0.497 e. The fourth-order valence-corrected chi connectivity index (χ4v) is 4.97. The van der Waals surface area contributed by atoms with Gasteiger partial charge in [-0.3, -0.25) is 0 Å². The highest BCUT2D eigenvalue weighted by Gasteiger charge is 2.38. The normalized spacial score (nSPS) is 11.4. The van der Waals surface area contributed by atoms with E-state index < -0.39 is 22.7 Å². The van der Waals surface area contributed by atoms with E-state index in [2.05, 4.69) is 0 Å². The second-order valence-corrected chi connectivity index (χ2v) is 9.44. The summed E-state index contributed by atoms with van der Waals surface area (Å²) in [6.07, 6.45) is 0.554. The highest BCUT2D eigenvalue weighted by atomic mass is 16.5. The van der Waals surface area contributed by atoms with E-state index in [-0.39, 0.29) is 32.8 Å². The number of aromatic nitrogens is 3. The minimum absolute atomic E-state index is 0.00810. The summed E-state index contributed by atoms with van der Waals surface area (Å²) in [5.74, 6) is 1.38. The third-order valence-corrected chi connectivity index (χ3v) is 6.99. The smallest absolute Gasteiger partial charge is 0.336 e. The summed E-state index contributed by atoms with van der Waals surface area (Å²) in [6.45, 7) is 2.04. The number of rotatable bonds is 13. The minimum Gasteiger partial charge on any atom is -0.497 e. The molecule has 0 fully saturated rings. The fourth-order valence-electron chi connectivity index (χ4n) is 4.97. The standard InChI is InChI=1S/C31H36N4O6/c1-4-19-33-28(36)34(20-18-32)30(38)35(29(33)37)21-22-41-31(23-8-6-5-7-9-23,24-10-14-26(39-2)15-11-24)25-12-16-27(40-3)17-13-25/h5-17H,4,18-22,32H2,1-3H3. The third kappa shape index (κ3) is 5.89. The molecule has 0 aliphatic rings. The van der Waals surface area contributed by atoms with Crippen LogP contribution in [-0.2, 0) is 30.0 Å². The first kappa shape index (κ1) is 29.6. The van der Waals surface area contributed by atoms with Crippen LogP contribution in [0.25, 0.3) is 0 Å². The number of nitrogens with zero attached hydrogens (tertiary/aromatic N) is 3. The SMILES string of the molecule is CCCn1c(=O)n(CCN)c(=O)n(CCOC(c2ccccc2)(c2ccc(OC)cc2)c2ccc(OC)cc2)c1=O. The first-order valence-electron chi connectivity index (χ1n) is 13.5. The van der Waals surface area contributed by atoms with Crippen molar-refractivity contribution in [1.29, 1.82) is 0 Å². The van der Waals surface area contributed by atoms with Crippen molar-refractivity contribution in [1.82, 2.24) is 13.7 Å². The molecular weight excluding hydrogens is 524 g/mol. The van der Waals surface area contributed by atoms with E-state index in [1.165, 1.54) is 0 Å². The lowest BCUT2D eigenvalue weighted by molar-refractivity contribution is 0.00698. The minimum atomic E-state index is -1.11. The summed E-state index contributed by atoms with van der Waals surface area (Å²) in [4.78, 5) is 39.3. The van der Waals surface area contributed by atoms with Gasteiger partial charge in [-0.2, -0.15) is 0 Å². The van der Waals surface area contributed by atoms with Crippen molar-refractivity contribution in [3.8, 4) is 11.5 Å². The first-order valence-corrected chi connectivity index (χ1v) is 13.5. The Morgan fingerprint density at radius 1 is 0.634 bits per heavy atom. The summed E-state index contributed by atoms with van der Waals surface area (Å²) < 4.78 is 20.7. The van der Waals surface area contributed by atoms with Crippen molar-refractivity contribution in [3.05, 3.63) is 127 Å². The van der Waals surface area contributed by atoms with Gasteiger partial charge in [-0.05, 0) is 47.4 Å². The molecule has 1 aromatic heterocycles. The van der Waals surface area contributed by atoms with Crippen molar-refractivity contribution in [3.63, 3.8) is 0 Å². The molecule has 3 aromatic carbocycles. The van der Waals surface area contributed by atoms with Gasteiger partial charge in [-0.1, -0.05) is 61.5 Å². The molecule has 0 saturated heterocycles. The first-order chi connectivity index (χ1) is 19.9. The third-order valence-electron chi connectivity index (χ3n) is 6.99. The Morgan fingerprint density at radius 3 is 1.51 bits per heavy atom. The van der Waals surface area contributed by atoms with Crippen LogP contribution < -0.4 is 32.3 Å². The summed E-state index contributed by atoms with van der Waals surface area (Å²) in [7, 11) is 3.21. The van der Waals surface area contributed by atoms with Crippen LogP contribution >= 0.6 is 0 Å². The Labute approximate surface area is 238 Å². The van der Waals surface area contributed by atoms with Crippen LogP contribution in [0.4, 0.5) is 0 Å². The van der Waals surface area contributed by atoms with Crippen LogP contribution in [0.5, 0.6) is 11.5 Å². The van der Waals surface area contributed by atoms with Crippen molar-refractivity contribution in [2.24, 2.45) is 5.73 Å². The zero-order chi connectivity index (χ0) is 29.4. The Kier molecular flexibility index (Phi) is 9.59. The van der Waals surface area contributed by atoms with Gasteiger partial charge in [0, 0.05) is 19.6 Å². The van der Waals surface area contributed by atoms with Crippen LogP contribution in [0, 0.1) is 0 Å². The van der Waals surface area contributed by atoms with Crippen LogP contribution in [0.1, 0.15) is 30.0 Å². The second kappa shape index (κ2) is 13.3. The lowest BCUT2D eigenvalue weighted by Crippen LogP contribution is -2.55. The molecule has 216 valence electrons. The Bertz CT molecular complexity index is 1510. The number of hydrogen-bond acceptors (Lipinski definition) is 7. The Balaban J connectivity index is 1.85. The van der Waals surface area contributed by atoms with Crippen molar-refractivity contribution < 1.29 is 14.2 Å². The molecule has 0 radical (unpaired) electrons. The highest BCUT2D eigenvalue weighted by molar-refractivity contribution is 5.49. The number of nitrogens with two attached hydrogens (primary N) is 1. The highest BCUT2D eigenvalue weighted by Crippen LogP contribution is 2.41. The molecule has 0 aliphatic heterocycles. The molecule has 4 rings (SSSR count). The van der Waals surface area contributed by atoms with Gasteiger partial charge in [0.15, 0.2) is 0 Å². The van der Waals surface area contributed by atoms with Crippen molar-refractivity contribution in [2.75, 3.05) is 27.4 Å². The molecule has 41 heavy (non-hydrogen) atoms. The van der Waals surface area contributed by atoms with Gasteiger partial charge < -0.3 is 19.9 Å². The molecule has 2 N–H and O–H groups in total. The average molecular weight is 561 g/mol. The zero-order valence-electron chi connectivity index (χ0n) is 23.6. The molecule has 10 heteroatoms. The van der Waals surface area contributed by atoms with E-state index in [0.29, 0.717) is 17.9 Å². The summed E-state index contributed by atoms with van der Waals surface area (Å²) in [5.41, 5.74) is 5.00. The quantitative estimate of drug-likeness (QED) is 0.250. The lowest BCUT2D eigenvalue weighted by Gasteiger charge is -2.36. The van der Waals surface area contributed by atoms with Crippen LogP contribution in [0.2, 0.25) is 0 Å². The van der Waals surface area contributed by atoms with E-state index in [0.717, 1.165) is 30.4 Å². The van der Waals surface area contributed by atoms with Gasteiger partial charge in [0.2, 0.25) is 0 Å². The maximum atomic E-state index is 13.3.